The summed E-state index contributed by atoms with van der Waals surface area (Å²) in [6.45, 7) is 8.60. The van der Waals surface area contributed by atoms with Gasteiger partial charge in [-0.3, -0.25) is 9.36 Å². The monoisotopic (exact) mass is 484 g/mol. The number of rotatable bonds is 8. The van der Waals surface area contributed by atoms with E-state index in [9.17, 15) is 4.79 Å². The molecule has 3 aliphatic rings. The highest BCUT2D eigenvalue weighted by Crippen LogP contribution is 2.65. The van der Waals surface area contributed by atoms with E-state index < -0.39 is 0 Å². The highest BCUT2D eigenvalue weighted by Gasteiger charge is 2.61. The lowest BCUT2D eigenvalue weighted by molar-refractivity contribution is -0.120. The maximum absolute atomic E-state index is 13.0. The van der Waals surface area contributed by atoms with Crippen molar-refractivity contribution in [1.82, 2.24) is 20.1 Å². The molecule has 1 aromatic carbocycles. The predicted molar refractivity (Wildman–Crippen MR) is 133 cm³/mol. The normalized spacial score (nSPS) is 29.5. The van der Waals surface area contributed by atoms with Crippen LogP contribution < -0.4 is 10.1 Å². The molecule has 4 atom stereocenters. The summed E-state index contributed by atoms with van der Waals surface area (Å²) in [7, 11) is 1.66. The van der Waals surface area contributed by atoms with Gasteiger partial charge in [-0.25, -0.2) is 0 Å². The average molecular weight is 485 g/mol. The molecule has 34 heavy (non-hydrogen) atoms. The van der Waals surface area contributed by atoms with E-state index in [1.54, 1.807) is 7.11 Å². The molecule has 1 saturated heterocycles. The summed E-state index contributed by atoms with van der Waals surface area (Å²) in [6.07, 6.45) is 5.83. The number of methoxy groups -OCH3 is 1. The smallest absolute Gasteiger partial charge is 0.230 e. The van der Waals surface area contributed by atoms with Gasteiger partial charge >= 0.3 is 0 Å². The van der Waals surface area contributed by atoms with E-state index >= 15 is 0 Å². The topological polar surface area (TPSA) is 78.3 Å². The number of thioether (sulfide) groups is 1. The zero-order valence-corrected chi connectivity index (χ0v) is 21.5. The first-order valence-corrected chi connectivity index (χ1v) is 13.4. The van der Waals surface area contributed by atoms with Gasteiger partial charge in [0.15, 0.2) is 11.0 Å². The lowest BCUT2D eigenvalue weighted by atomic mass is 9.69. The maximum atomic E-state index is 13.0. The fraction of sp³-hybridized carbons (Fsp3) is 0.654. The second-order valence-corrected chi connectivity index (χ2v) is 11.7. The molecule has 2 aromatic rings. The highest BCUT2D eigenvalue weighted by atomic mass is 32.2. The first-order valence-electron chi connectivity index (χ1n) is 12.4. The minimum Gasteiger partial charge on any atom is -0.497 e. The number of fused-ring (bicyclic) bond motifs is 2. The van der Waals surface area contributed by atoms with Gasteiger partial charge in [-0.2, -0.15) is 0 Å². The Kier molecular flexibility index (Phi) is 6.40. The Bertz CT molecular complexity index is 1030. The number of carbonyl (C=O) groups excluding carboxylic acids is 1. The SMILES string of the molecule is COc1ccc(-c2nnc(SCC(=O)N[C@H]3C[C@H]4CC[C@@]3(C)C4(C)C)n2C[C@H]2CCCO2)cc1. The third kappa shape index (κ3) is 4.13. The zero-order chi connectivity index (χ0) is 23.9. The second kappa shape index (κ2) is 9.19. The third-order valence-corrected chi connectivity index (χ3v) is 9.90. The van der Waals surface area contributed by atoms with E-state index in [1.165, 1.54) is 24.6 Å². The van der Waals surface area contributed by atoms with Crippen molar-refractivity contribution < 1.29 is 14.3 Å². The van der Waals surface area contributed by atoms with Crippen LogP contribution in [0.15, 0.2) is 29.4 Å². The molecule has 3 fully saturated rings. The Hall–Kier alpha value is -2.06. The minimum absolute atomic E-state index is 0.0808. The van der Waals surface area contributed by atoms with Crippen LogP contribution in [0.5, 0.6) is 5.75 Å². The van der Waals surface area contributed by atoms with Crippen LogP contribution in [-0.4, -0.2) is 52.3 Å². The van der Waals surface area contributed by atoms with E-state index in [2.05, 4.69) is 40.9 Å². The fourth-order valence-corrected chi connectivity index (χ4v) is 7.05. The fourth-order valence-electron chi connectivity index (χ4n) is 6.29. The number of amides is 1. The van der Waals surface area contributed by atoms with Gasteiger partial charge in [0.05, 0.1) is 25.5 Å². The molecule has 1 aliphatic heterocycles. The van der Waals surface area contributed by atoms with Crippen LogP contribution in [-0.2, 0) is 16.1 Å². The molecule has 2 heterocycles. The van der Waals surface area contributed by atoms with Gasteiger partial charge in [-0.05, 0) is 73.1 Å². The lowest BCUT2D eigenvalue weighted by Gasteiger charge is -2.39. The molecule has 184 valence electrons. The van der Waals surface area contributed by atoms with Crippen molar-refractivity contribution >= 4 is 17.7 Å². The first kappa shape index (κ1) is 23.7. The van der Waals surface area contributed by atoms with E-state index in [-0.39, 0.29) is 28.9 Å². The van der Waals surface area contributed by atoms with Crippen LogP contribution in [0.3, 0.4) is 0 Å². The molecule has 8 heteroatoms. The van der Waals surface area contributed by atoms with E-state index in [1.807, 2.05) is 24.3 Å². The van der Waals surface area contributed by atoms with Crippen molar-refractivity contribution in [3.8, 4) is 17.1 Å². The second-order valence-electron chi connectivity index (χ2n) is 10.8. The molecule has 1 amide bonds. The van der Waals surface area contributed by atoms with Gasteiger partial charge in [0, 0.05) is 18.2 Å². The van der Waals surface area contributed by atoms with Crippen molar-refractivity contribution in [2.24, 2.45) is 16.7 Å². The Morgan fingerprint density at radius 1 is 1.24 bits per heavy atom. The Morgan fingerprint density at radius 2 is 2.03 bits per heavy atom. The van der Waals surface area contributed by atoms with Gasteiger partial charge in [0.2, 0.25) is 5.91 Å². The zero-order valence-electron chi connectivity index (χ0n) is 20.7. The van der Waals surface area contributed by atoms with Crippen molar-refractivity contribution in [2.45, 2.75) is 76.7 Å². The molecule has 2 aliphatic carbocycles. The van der Waals surface area contributed by atoms with Crippen LogP contribution in [0.25, 0.3) is 11.4 Å². The van der Waals surface area contributed by atoms with Crippen molar-refractivity contribution in [3.63, 3.8) is 0 Å². The number of hydrogen-bond donors (Lipinski definition) is 1. The summed E-state index contributed by atoms with van der Waals surface area (Å²) in [4.78, 5) is 13.0. The molecule has 0 unspecified atom stereocenters. The third-order valence-electron chi connectivity index (χ3n) is 8.94. The lowest BCUT2D eigenvalue weighted by Crippen LogP contribution is -2.47. The van der Waals surface area contributed by atoms with Crippen LogP contribution in [0.2, 0.25) is 0 Å². The van der Waals surface area contributed by atoms with Crippen molar-refractivity contribution in [1.29, 1.82) is 0 Å². The standard InChI is InChI=1S/C26H36N4O3S/c1-25(2)18-11-12-26(25,3)21(14-18)27-22(31)16-34-24-29-28-23(17-7-9-19(32-4)10-8-17)30(24)15-20-6-5-13-33-20/h7-10,18,20-21H,5-6,11-16H2,1-4H3,(H,27,31)/t18-,20-,21+,26-/m1/s1. The highest BCUT2D eigenvalue weighted by molar-refractivity contribution is 7.99. The summed E-state index contributed by atoms with van der Waals surface area (Å²) < 4.78 is 13.3. The van der Waals surface area contributed by atoms with E-state index in [0.717, 1.165) is 48.2 Å². The number of carbonyl (C=O) groups is 1. The number of hydrogen-bond acceptors (Lipinski definition) is 6. The molecular formula is C26H36N4O3S. The Balaban J connectivity index is 1.29. The van der Waals surface area contributed by atoms with Crippen LogP contribution >= 0.6 is 11.8 Å². The summed E-state index contributed by atoms with van der Waals surface area (Å²) in [5, 5.41) is 13.1. The molecular weight excluding hydrogens is 448 g/mol. The molecule has 0 spiro atoms. The molecule has 7 nitrogen and oxygen atoms in total. The summed E-state index contributed by atoms with van der Waals surface area (Å²) >= 11 is 1.46. The Morgan fingerprint density at radius 3 is 2.65 bits per heavy atom. The first-order chi connectivity index (χ1) is 16.3. The van der Waals surface area contributed by atoms with Gasteiger partial charge in [-0.1, -0.05) is 32.5 Å². The number of aromatic nitrogens is 3. The number of benzene rings is 1. The van der Waals surface area contributed by atoms with Gasteiger partial charge < -0.3 is 14.8 Å². The number of ether oxygens (including phenoxy) is 2. The summed E-state index contributed by atoms with van der Waals surface area (Å²) in [6, 6.07) is 8.10. The van der Waals surface area contributed by atoms with Crippen LogP contribution in [0.4, 0.5) is 0 Å². The van der Waals surface area contributed by atoms with Crippen molar-refractivity contribution in [3.05, 3.63) is 24.3 Å². The molecule has 5 rings (SSSR count). The summed E-state index contributed by atoms with van der Waals surface area (Å²) in [5.41, 5.74) is 1.44. The molecule has 1 aromatic heterocycles. The summed E-state index contributed by atoms with van der Waals surface area (Å²) in [5.74, 6) is 2.72. The van der Waals surface area contributed by atoms with E-state index in [4.69, 9.17) is 9.47 Å². The quantitative estimate of drug-likeness (QED) is 0.554. The van der Waals surface area contributed by atoms with Gasteiger partial charge in [0.25, 0.3) is 0 Å². The Labute approximate surface area is 206 Å². The number of nitrogens with zero attached hydrogens (tertiary/aromatic N) is 3. The average Bonchev–Trinajstić information content (AvgIpc) is 3.57. The van der Waals surface area contributed by atoms with E-state index in [0.29, 0.717) is 18.2 Å². The largest absolute Gasteiger partial charge is 0.497 e. The van der Waals surface area contributed by atoms with Gasteiger partial charge in [-0.15, -0.1) is 10.2 Å². The van der Waals surface area contributed by atoms with Crippen LogP contribution in [0.1, 0.15) is 52.9 Å². The molecule has 2 saturated carbocycles. The molecule has 0 radical (unpaired) electrons. The van der Waals surface area contributed by atoms with Crippen LogP contribution in [0, 0.1) is 16.7 Å². The number of nitrogens with one attached hydrogen (secondary N) is 1. The minimum atomic E-state index is 0.0808. The maximum Gasteiger partial charge on any atom is 0.230 e. The molecule has 2 bridgehead atoms. The van der Waals surface area contributed by atoms with Crippen molar-refractivity contribution in [2.75, 3.05) is 19.5 Å². The molecule has 1 N–H and O–H groups in total. The predicted octanol–water partition coefficient (Wildman–Crippen LogP) is 4.56. The van der Waals surface area contributed by atoms with Gasteiger partial charge in [0.1, 0.15) is 5.75 Å².